The van der Waals surface area contributed by atoms with Gasteiger partial charge >= 0.3 is 0 Å². The summed E-state index contributed by atoms with van der Waals surface area (Å²) in [5.41, 5.74) is 4.27. The molecule has 0 heterocycles. The van der Waals surface area contributed by atoms with E-state index in [1.165, 1.54) is 36.0 Å². The molecule has 0 spiro atoms. The lowest BCUT2D eigenvalue weighted by Crippen LogP contribution is -2.40. The summed E-state index contributed by atoms with van der Waals surface area (Å²) in [7, 11) is 0. The quantitative estimate of drug-likeness (QED) is 0.851. The highest BCUT2D eigenvalue weighted by Crippen LogP contribution is 2.30. The second kappa shape index (κ2) is 5.24. The van der Waals surface area contributed by atoms with E-state index >= 15 is 0 Å². The molecule has 0 amide bonds. The molecule has 1 aliphatic rings. The average Bonchev–Trinajstić information content (AvgIpc) is 2.74. The number of aryl methyl sites for hydroxylation is 1. The van der Waals surface area contributed by atoms with Gasteiger partial charge in [0.15, 0.2) is 0 Å². The molecule has 0 saturated carbocycles. The molecule has 1 N–H and O–H groups in total. The van der Waals surface area contributed by atoms with Gasteiger partial charge in [0.1, 0.15) is 4.75 Å². The Balaban J connectivity index is 2.15. The highest BCUT2D eigenvalue weighted by Gasteiger charge is 2.29. The highest BCUT2D eigenvalue weighted by molar-refractivity contribution is 7.90. The fourth-order valence-corrected chi connectivity index (χ4v) is 3.26. The molecule has 1 aliphatic carbocycles. The summed E-state index contributed by atoms with van der Waals surface area (Å²) in [6.07, 6.45) is 3.61. The normalized spacial score (nSPS) is 18.5. The lowest BCUT2D eigenvalue weighted by Gasteiger charge is -2.27. The van der Waals surface area contributed by atoms with Crippen LogP contribution in [0.15, 0.2) is 18.2 Å². The van der Waals surface area contributed by atoms with E-state index in [0.29, 0.717) is 0 Å². The maximum absolute atomic E-state index is 12.1. The van der Waals surface area contributed by atoms with Crippen LogP contribution in [0, 0.1) is 0 Å². The number of fused-ring (bicyclic) bond motifs is 1. The van der Waals surface area contributed by atoms with Gasteiger partial charge in [0, 0.05) is 11.4 Å². The van der Waals surface area contributed by atoms with E-state index in [1.54, 1.807) is 0 Å². The molecule has 0 saturated heterocycles. The summed E-state index contributed by atoms with van der Waals surface area (Å²) < 4.78 is 15.2. The van der Waals surface area contributed by atoms with Crippen molar-refractivity contribution < 1.29 is 4.55 Å². The van der Waals surface area contributed by atoms with Crippen LogP contribution in [0.1, 0.15) is 56.8 Å². The van der Waals surface area contributed by atoms with E-state index in [9.17, 15) is 4.55 Å². The zero-order valence-corrected chi connectivity index (χ0v) is 12.6. The van der Waals surface area contributed by atoms with Crippen LogP contribution in [0.25, 0.3) is 0 Å². The molecule has 100 valence electrons. The van der Waals surface area contributed by atoms with Crippen LogP contribution < -0.4 is 4.72 Å². The van der Waals surface area contributed by atoms with Gasteiger partial charge in [-0.1, -0.05) is 18.2 Å². The Morgan fingerprint density at radius 1 is 1.28 bits per heavy atom. The Morgan fingerprint density at radius 3 is 2.67 bits per heavy atom. The van der Waals surface area contributed by atoms with E-state index < -0.39 is 11.4 Å². The first-order chi connectivity index (χ1) is 8.39. The van der Waals surface area contributed by atoms with Gasteiger partial charge in [0.05, 0.1) is 6.04 Å². The highest BCUT2D eigenvalue weighted by atomic mass is 32.2. The standard InChI is InChI=1S/C15H23NOS/c1-11(16-18(17)15(2,3)4)13-9-5-7-12-8-6-10-14(12)13/h5,7,9,11,16H,6,8,10H2,1-4H3/t11-,18+/m0/s1. The van der Waals surface area contributed by atoms with E-state index in [-0.39, 0.29) is 10.8 Å². The fourth-order valence-electron chi connectivity index (χ4n) is 2.46. The molecule has 18 heavy (non-hydrogen) atoms. The largest absolute Gasteiger partial charge is 0.598 e. The number of hydrogen-bond donors (Lipinski definition) is 1. The molecule has 0 fully saturated rings. The summed E-state index contributed by atoms with van der Waals surface area (Å²) >= 11 is -1.01. The zero-order valence-electron chi connectivity index (χ0n) is 11.7. The Labute approximate surface area is 113 Å². The maximum atomic E-state index is 12.1. The van der Waals surface area contributed by atoms with E-state index in [4.69, 9.17) is 0 Å². The van der Waals surface area contributed by atoms with Crippen LogP contribution in [0.4, 0.5) is 0 Å². The predicted molar refractivity (Wildman–Crippen MR) is 77.9 cm³/mol. The van der Waals surface area contributed by atoms with Crippen LogP contribution in [-0.2, 0) is 24.2 Å². The minimum atomic E-state index is -1.01. The number of rotatable bonds is 3. The van der Waals surface area contributed by atoms with Crippen LogP contribution >= 0.6 is 0 Å². The molecule has 1 aromatic carbocycles. The van der Waals surface area contributed by atoms with Gasteiger partial charge in [0.2, 0.25) is 0 Å². The maximum Gasteiger partial charge on any atom is 0.136 e. The van der Waals surface area contributed by atoms with Crippen molar-refractivity contribution in [1.29, 1.82) is 0 Å². The summed E-state index contributed by atoms with van der Waals surface area (Å²) in [5, 5.41) is 0. The lowest BCUT2D eigenvalue weighted by atomic mass is 9.99. The molecule has 0 aromatic heterocycles. The number of hydrogen-bond acceptors (Lipinski definition) is 2. The molecule has 0 unspecified atom stereocenters. The van der Waals surface area contributed by atoms with Crippen molar-refractivity contribution in [3.63, 3.8) is 0 Å². The molecule has 3 heteroatoms. The van der Waals surface area contributed by atoms with Gasteiger partial charge in [-0.3, -0.25) is 0 Å². The second-order valence-corrected chi connectivity index (χ2v) is 8.06. The Bertz CT molecular complexity index is 425. The fraction of sp³-hybridized carbons (Fsp3) is 0.600. The van der Waals surface area contributed by atoms with Crippen molar-refractivity contribution in [2.24, 2.45) is 0 Å². The third-order valence-electron chi connectivity index (χ3n) is 3.49. The third-order valence-corrected chi connectivity index (χ3v) is 5.17. The van der Waals surface area contributed by atoms with Crippen molar-refractivity contribution >= 4 is 11.4 Å². The van der Waals surface area contributed by atoms with Crippen LogP contribution in [0.5, 0.6) is 0 Å². The van der Waals surface area contributed by atoms with Gasteiger partial charge in [-0.25, -0.2) is 0 Å². The molecule has 2 nitrogen and oxygen atoms in total. The molecule has 0 aliphatic heterocycles. The molecular formula is C15H23NOS. The first-order valence-electron chi connectivity index (χ1n) is 6.68. The van der Waals surface area contributed by atoms with Gasteiger partial charge in [-0.15, -0.1) is 4.72 Å². The van der Waals surface area contributed by atoms with E-state index in [0.717, 1.165) is 0 Å². The van der Waals surface area contributed by atoms with Gasteiger partial charge in [-0.05, 0) is 63.6 Å². The van der Waals surface area contributed by atoms with Crippen molar-refractivity contribution in [2.45, 2.75) is 57.7 Å². The van der Waals surface area contributed by atoms with E-state index in [1.807, 2.05) is 20.8 Å². The SMILES string of the molecule is C[C@H](N[S@+]([O-])C(C)(C)C)c1cccc2c1CCC2. The summed E-state index contributed by atoms with van der Waals surface area (Å²) in [6, 6.07) is 6.66. The minimum absolute atomic E-state index is 0.151. The predicted octanol–water partition coefficient (Wildman–Crippen LogP) is 3.29. The number of benzene rings is 1. The summed E-state index contributed by atoms with van der Waals surface area (Å²) in [6.45, 7) is 8.10. The van der Waals surface area contributed by atoms with Crippen LogP contribution in [0.2, 0.25) is 0 Å². The molecule has 2 rings (SSSR count). The Kier molecular flexibility index (Phi) is 4.05. The van der Waals surface area contributed by atoms with Crippen LogP contribution in [-0.4, -0.2) is 9.30 Å². The van der Waals surface area contributed by atoms with Crippen LogP contribution in [0.3, 0.4) is 0 Å². The average molecular weight is 265 g/mol. The Hall–Kier alpha value is -0.510. The summed E-state index contributed by atoms with van der Waals surface area (Å²) in [4.78, 5) is 0. The van der Waals surface area contributed by atoms with Gasteiger partial charge in [-0.2, -0.15) is 0 Å². The number of nitrogens with one attached hydrogen (secondary N) is 1. The molecule has 2 atom stereocenters. The Morgan fingerprint density at radius 2 is 2.00 bits per heavy atom. The molecule has 0 bridgehead atoms. The minimum Gasteiger partial charge on any atom is -0.598 e. The summed E-state index contributed by atoms with van der Waals surface area (Å²) in [5.74, 6) is 0. The smallest absolute Gasteiger partial charge is 0.136 e. The zero-order chi connectivity index (χ0) is 13.3. The third kappa shape index (κ3) is 2.90. The molecular weight excluding hydrogens is 242 g/mol. The monoisotopic (exact) mass is 265 g/mol. The van der Waals surface area contributed by atoms with Gasteiger partial charge < -0.3 is 4.55 Å². The van der Waals surface area contributed by atoms with E-state index in [2.05, 4.69) is 29.8 Å². The van der Waals surface area contributed by atoms with Crippen molar-refractivity contribution in [3.8, 4) is 0 Å². The first-order valence-corrected chi connectivity index (χ1v) is 7.83. The first kappa shape index (κ1) is 13.9. The molecule has 0 radical (unpaired) electrons. The van der Waals surface area contributed by atoms with Crippen molar-refractivity contribution in [2.75, 3.05) is 0 Å². The lowest BCUT2D eigenvalue weighted by molar-refractivity contribution is 0.530. The topological polar surface area (TPSA) is 35.1 Å². The van der Waals surface area contributed by atoms with Crippen molar-refractivity contribution in [3.05, 3.63) is 34.9 Å². The second-order valence-electron chi connectivity index (χ2n) is 6.06. The van der Waals surface area contributed by atoms with Crippen molar-refractivity contribution in [1.82, 2.24) is 4.72 Å². The molecule has 1 aromatic rings. The van der Waals surface area contributed by atoms with Gasteiger partial charge in [0.25, 0.3) is 0 Å².